The van der Waals surface area contributed by atoms with Gasteiger partial charge >= 0.3 is 0 Å². The van der Waals surface area contributed by atoms with Gasteiger partial charge in [0.25, 0.3) is 11.5 Å². The molecule has 2 aromatic rings. The van der Waals surface area contributed by atoms with Gasteiger partial charge in [-0.15, -0.1) is 0 Å². The van der Waals surface area contributed by atoms with Crippen molar-refractivity contribution in [2.75, 3.05) is 38.2 Å². The number of aromatic nitrogens is 1. The summed E-state index contributed by atoms with van der Waals surface area (Å²) in [7, 11) is 1.64. The molecule has 0 bridgehead atoms. The number of nitrogens with one attached hydrogen (secondary N) is 1. The molecule has 1 fully saturated rings. The van der Waals surface area contributed by atoms with E-state index in [0.29, 0.717) is 26.2 Å². The zero-order valence-corrected chi connectivity index (χ0v) is 13.4. The number of amides is 1. The number of ether oxygens (including phenoxy) is 1. The number of hydrogen-bond donors (Lipinski definition) is 2. The summed E-state index contributed by atoms with van der Waals surface area (Å²) in [6.07, 6.45) is 1.26. The predicted octanol–water partition coefficient (Wildman–Crippen LogP) is 1.05. The van der Waals surface area contributed by atoms with E-state index in [4.69, 9.17) is 4.74 Å². The van der Waals surface area contributed by atoms with Gasteiger partial charge in [-0.05, 0) is 12.1 Å². The third-order valence-electron chi connectivity index (χ3n) is 4.13. The second-order valence-electron chi connectivity index (χ2n) is 5.55. The van der Waals surface area contributed by atoms with Crippen molar-refractivity contribution in [3.63, 3.8) is 0 Å². The highest BCUT2D eigenvalue weighted by atomic mass is 16.5. The molecule has 1 aliphatic heterocycles. The summed E-state index contributed by atoms with van der Waals surface area (Å²) in [5.41, 5.74) is 0.671. The highest BCUT2D eigenvalue weighted by Gasteiger charge is 2.25. The maximum absolute atomic E-state index is 12.5. The van der Waals surface area contributed by atoms with Gasteiger partial charge in [0, 0.05) is 38.4 Å². The normalized spacial score (nSPS) is 14.5. The van der Waals surface area contributed by atoms with Gasteiger partial charge in [-0.25, -0.2) is 0 Å². The van der Waals surface area contributed by atoms with Crippen LogP contribution in [-0.2, 0) is 0 Å². The Labute approximate surface area is 139 Å². The summed E-state index contributed by atoms with van der Waals surface area (Å²) in [6.45, 7) is 2.37. The lowest BCUT2D eigenvalue weighted by Crippen LogP contribution is -2.49. The number of benzene rings is 1. The number of nitrogens with zero attached hydrogens (tertiary/aromatic N) is 2. The molecular formula is C17H19N3O4. The SMILES string of the molecule is COc1ccccc1N1CCN(C(=O)c2c[nH]c(=O)cc2O)CC1. The van der Waals surface area contributed by atoms with Crippen molar-refractivity contribution in [2.45, 2.75) is 0 Å². The zero-order chi connectivity index (χ0) is 17.1. The van der Waals surface area contributed by atoms with Gasteiger partial charge in [-0.3, -0.25) is 9.59 Å². The van der Waals surface area contributed by atoms with Gasteiger partial charge in [0.1, 0.15) is 11.5 Å². The molecule has 0 spiro atoms. The van der Waals surface area contributed by atoms with Crippen LogP contribution in [0.4, 0.5) is 5.69 Å². The van der Waals surface area contributed by atoms with Crippen LogP contribution in [-0.4, -0.2) is 54.2 Å². The Morgan fingerprint density at radius 3 is 2.58 bits per heavy atom. The number of aromatic hydroxyl groups is 1. The van der Waals surface area contributed by atoms with Gasteiger partial charge in [0.05, 0.1) is 18.4 Å². The van der Waals surface area contributed by atoms with E-state index in [9.17, 15) is 14.7 Å². The third kappa shape index (κ3) is 3.05. The number of anilines is 1. The summed E-state index contributed by atoms with van der Waals surface area (Å²) in [6, 6.07) is 8.78. The molecule has 1 amide bonds. The van der Waals surface area contributed by atoms with Crippen LogP contribution < -0.4 is 15.2 Å². The van der Waals surface area contributed by atoms with Crippen LogP contribution in [0.1, 0.15) is 10.4 Å². The van der Waals surface area contributed by atoms with Crippen LogP contribution in [0, 0.1) is 0 Å². The number of para-hydroxylation sites is 2. The molecule has 2 N–H and O–H groups in total. The molecule has 0 aliphatic carbocycles. The van der Waals surface area contributed by atoms with Crippen molar-refractivity contribution >= 4 is 11.6 Å². The molecule has 1 aromatic carbocycles. The largest absolute Gasteiger partial charge is 0.507 e. The number of pyridine rings is 1. The summed E-state index contributed by atoms with van der Waals surface area (Å²) >= 11 is 0. The molecule has 24 heavy (non-hydrogen) atoms. The molecule has 0 radical (unpaired) electrons. The van der Waals surface area contributed by atoms with Crippen molar-refractivity contribution in [3.8, 4) is 11.5 Å². The number of aromatic amines is 1. The molecule has 2 heterocycles. The van der Waals surface area contributed by atoms with Crippen LogP contribution in [0.2, 0.25) is 0 Å². The van der Waals surface area contributed by atoms with Crippen LogP contribution >= 0.6 is 0 Å². The second kappa shape index (κ2) is 6.66. The highest BCUT2D eigenvalue weighted by molar-refractivity contribution is 5.96. The van der Waals surface area contributed by atoms with E-state index in [1.54, 1.807) is 12.0 Å². The Kier molecular flexibility index (Phi) is 4.41. The number of carbonyl (C=O) groups excluding carboxylic acids is 1. The van der Waals surface area contributed by atoms with E-state index >= 15 is 0 Å². The fourth-order valence-corrected chi connectivity index (χ4v) is 2.84. The molecule has 0 unspecified atom stereocenters. The van der Waals surface area contributed by atoms with Crippen LogP contribution in [0.5, 0.6) is 11.5 Å². The van der Waals surface area contributed by atoms with Crippen molar-refractivity contribution in [1.82, 2.24) is 9.88 Å². The quantitative estimate of drug-likeness (QED) is 0.879. The number of rotatable bonds is 3. The first kappa shape index (κ1) is 15.9. The first-order valence-electron chi connectivity index (χ1n) is 7.69. The molecule has 1 aromatic heterocycles. The Hall–Kier alpha value is -2.96. The van der Waals surface area contributed by atoms with Crippen LogP contribution in [0.15, 0.2) is 41.3 Å². The average molecular weight is 329 g/mol. The lowest BCUT2D eigenvalue weighted by Gasteiger charge is -2.36. The van der Waals surface area contributed by atoms with Crippen molar-refractivity contribution < 1.29 is 14.6 Å². The maximum Gasteiger partial charge on any atom is 0.259 e. The molecule has 0 atom stereocenters. The number of hydrogen-bond acceptors (Lipinski definition) is 5. The molecule has 0 saturated carbocycles. The smallest absolute Gasteiger partial charge is 0.259 e. The molecular weight excluding hydrogens is 310 g/mol. The minimum absolute atomic E-state index is 0.111. The Morgan fingerprint density at radius 1 is 1.21 bits per heavy atom. The third-order valence-corrected chi connectivity index (χ3v) is 4.13. The van der Waals surface area contributed by atoms with Crippen LogP contribution in [0.25, 0.3) is 0 Å². The van der Waals surface area contributed by atoms with Crippen molar-refractivity contribution in [1.29, 1.82) is 0 Å². The lowest BCUT2D eigenvalue weighted by atomic mass is 10.2. The van der Waals surface area contributed by atoms with E-state index < -0.39 is 5.56 Å². The summed E-state index contributed by atoms with van der Waals surface area (Å²) in [5.74, 6) is 0.217. The molecule has 7 nitrogen and oxygen atoms in total. The van der Waals surface area contributed by atoms with Crippen LogP contribution in [0.3, 0.4) is 0 Å². The second-order valence-corrected chi connectivity index (χ2v) is 5.55. The van der Waals surface area contributed by atoms with E-state index in [1.807, 2.05) is 24.3 Å². The monoisotopic (exact) mass is 329 g/mol. The number of methoxy groups -OCH3 is 1. The summed E-state index contributed by atoms with van der Waals surface area (Å²) in [5, 5.41) is 9.80. The fourth-order valence-electron chi connectivity index (χ4n) is 2.84. The van der Waals surface area contributed by atoms with E-state index in [2.05, 4.69) is 9.88 Å². The van der Waals surface area contributed by atoms with Crippen molar-refractivity contribution in [2.24, 2.45) is 0 Å². The number of carbonyl (C=O) groups is 1. The molecule has 3 rings (SSSR count). The zero-order valence-electron chi connectivity index (χ0n) is 13.4. The van der Waals surface area contributed by atoms with Gasteiger partial charge in [-0.1, -0.05) is 12.1 Å². The van der Waals surface area contributed by atoms with E-state index in [0.717, 1.165) is 17.5 Å². The predicted molar refractivity (Wildman–Crippen MR) is 89.8 cm³/mol. The van der Waals surface area contributed by atoms with Gasteiger partial charge in [0.15, 0.2) is 0 Å². The fraction of sp³-hybridized carbons (Fsp3) is 0.294. The molecule has 126 valence electrons. The molecule has 7 heteroatoms. The Morgan fingerprint density at radius 2 is 1.92 bits per heavy atom. The van der Waals surface area contributed by atoms with E-state index in [1.165, 1.54) is 6.20 Å². The van der Waals surface area contributed by atoms with Crippen molar-refractivity contribution in [3.05, 3.63) is 52.4 Å². The van der Waals surface area contributed by atoms with Gasteiger partial charge in [0.2, 0.25) is 0 Å². The summed E-state index contributed by atoms with van der Waals surface area (Å²) in [4.78, 5) is 29.9. The highest BCUT2D eigenvalue weighted by Crippen LogP contribution is 2.28. The minimum Gasteiger partial charge on any atom is -0.507 e. The van der Waals surface area contributed by atoms with Gasteiger partial charge in [-0.2, -0.15) is 0 Å². The standard InChI is InChI=1S/C17H19N3O4/c1-24-15-5-3-2-4-13(15)19-6-8-20(9-7-19)17(23)12-11-18-16(22)10-14(12)21/h2-5,10-11H,6-9H2,1H3,(H2,18,21,22). The molecule has 1 saturated heterocycles. The Bertz CT molecular complexity index is 794. The van der Waals surface area contributed by atoms with E-state index in [-0.39, 0.29) is 17.2 Å². The molecule has 1 aliphatic rings. The first-order chi connectivity index (χ1) is 11.6. The minimum atomic E-state index is -0.440. The average Bonchev–Trinajstić information content (AvgIpc) is 2.61. The number of piperazine rings is 1. The number of H-pyrrole nitrogens is 1. The topological polar surface area (TPSA) is 85.9 Å². The summed E-state index contributed by atoms with van der Waals surface area (Å²) < 4.78 is 5.38. The maximum atomic E-state index is 12.5. The Balaban J connectivity index is 1.70. The van der Waals surface area contributed by atoms with Gasteiger partial charge < -0.3 is 24.6 Å². The lowest BCUT2D eigenvalue weighted by molar-refractivity contribution is 0.0743. The first-order valence-corrected chi connectivity index (χ1v) is 7.69.